The van der Waals surface area contributed by atoms with Crippen molar-refractivity contribution in [2.24, 2.45) is 29.1 Å². The quantitative estimate of drug-likeness (QED) is 0.0834. The monoisotopic (exact) mass is 548 g/mol. The summed E-state index contributed by atoms with van der Waals surface area (Å²) >= 11 is 0. The van der Waals surface area contributed by atoms with E-state index in [-0.39, 0.29) is 11.4 Å². The highest BCUT2D eigenvalue weighted by Gasteiger charge is 2.63. The molecule has 2 fully saturated rings. The second-order valence-electron chi connectivity index (χ2n) is 13.5. The Labute approximate surface area is 245 Å². The minimum absolute atomic E-state index is 0.124. The van der Waals surface area contributed by atoms with Crippen molar-refractivity contribution in [2.75, 3.05) is 0 Å². The van der Waals surface area contributed by atoms with E-state index in [0.717, 1.165) is 51.4 Å². The number of ketones is 1. The normalized spacial score (nSPS) is 32.5. The molecule has 0 aromatic heterocycles. The molecule has 0 aliphatic heterocycles. The van der Waals surface area contributed by atoms with Gasteiger partial charge < -0.3 is 4.74 Å². The number of allylic oxidation sites excluding steroid dienone is 3. The summed E-state index contributed by atoms with van der Waals surface area (Å²) in [6.07, 6.45) is 36.8. The highest BCUT2D eigenvalue weighted by atomic mass is 16.6. The molecule has 0 spiro atoms. The molecule has 4 rings (SSSR count). The maximum atomic E-state index is 13.1. The second-order valence-corrected chi connectivity index (χ2v) is 13.5. The summed E-state index contributed by atoms with van der Waals surface area (Å²) in [4.78, 5) is 25.1. The number of rotatable bonds is 16. The van der Waals surface area contributed by atoms with Gasteiger partial charge in [0, 0.05) is 18.3 Å². The Bertz CT molecular complexity index is 953. The van der Waals surface area contributed by atoms with Crippen LogP contribution in [0.3, 0.4) is 0 Å². The zero-order valence-electron chi connectivity index (χ0n) is 25.7. The van der Waals surface area contributed by atoms with Crippen LogP contribution in [0.25, 0.3) is 0 Å². The maximum absolute atomic E-state index is 13.1. The number of ether oxygens (including phenoxy) is 1. The van der Waals surface area contributed by atoms with E-state index in [4.69, 9.17) is 11.2 Å². The molecule has 0 amide bonds. The van der Waals surface area contributed by atoms with Gasteiger partial charge in [0.15, 0.2) is 11.4 Å². The predicted molar refractivity (Wildman–Crippen MR) is 165 cm³/mol. The minimum Gasteiger partial charge on any atom is -0.441 e. The van der Waals surface area contributed by atoms with Gasteiger partial charge in [-0.1, -0.05) is 108 Å². The number of hydrogen-bond donors (Lipinski definition) is 0. The second kappa shape index (κ2) is 14.9. The minimum atomic E-state index is -0.913. The Morgan fingerprint density at radius 3 is 2.17 bits per heavy atom. The molecule has 40 heavy (non-hydrogen) atoms. The van der Waals surface area contributed by atoms with Crippen molar-refractivity contribution in [1.82, 2.24) is 0 Å². The molecule has 3 heteroatoms. The lowest BCUT2D eigenvalue weighted by Crippen LogP contribution is -2.55. The fraction of sp³-hybridized carbons (Fsp3) is 0.784. The van der Waals surface area contributed by atoms with E-state index in [1.54, 1.807) is 0 Å². The molecule has 0 radical (unpaired) electrons. The summed E-state index contributed by atoms with van der Waals surface area (Å²) in [6.45, 7) is 4.51. The summed E-state index contributed by atoms with van der Waals surface area (Å²) in [5.41, 5.74) is 0.292. The maximum Gasteiger partial charge on any atom is 0.307 e. The summed E-state index contributed by atoms with van der Waals surface area (Å²) in [7, 11) is 0. The van der Waals surface area contributed by atoms with E-state index < -0.39 is 5.60 Å². The first-order valence-electron chi connectivity index (χ1n) is 17.1. The van der Waals surface area contributed by atoms with Gasteiger partial charge in [0.1, 0.15) is 0 Å². The molecule has 0 saturated heterocycles. The van der Waals surface area contributed by atoms with Crippen molar-refractivity contribution in [3.05, 3.63) is 23.8 Å². The lowest BCUT2D eigenvalue weighted by molar-refractivity contribution is -0.168. The number of fused-ring (bicyclic) bond motifs is 5. The fourth-order valence-corrected chi connectivity index (χ4v) is 9.04. The molecular formula is C37H56O3. The third-order valence-electron chi connectivity index (χ3n) is 11.3. The van der Waals surface area contributed by atoms with E-state index in [0.29, 0.717) is 42.3 Å². The van der Waals surface area contributed by atoms with E-state index in [1.807, 2.05) is 6.08 Å². The molecular weight excluding hydrogens is 492 g/mol. The standard InChI is InChI=1S/C37H56O3/c1-4-7-8-9-10-11-12-13-14-15-16-17-18-19-35(39)40-37(6-3)27-25-34-33-22-20-29-28-30(38)21-23-31(29)32(33)24-26-36(34,37)5-2/h3,25,27-28,31-34H,4-5,7-24,26H2,1-2H3/t31-,32+,33+,34-,36-,37-/m0/s1. The molecule has 0 unspecified atom stereocenters. The van der Waals surface area contributed by atoms with Gasteiger partial charge in [0.2, 0.25) is 0 Å². The number of esters is 1. The summed E-state index contributed by atoms with van der Waals surface area (Å²) < 4.78 is 6.30. The molecule has 3 nitrogen and oxygen atoms in total. The van der Waals surface area contributed by atoms with Crippen LogP contribution in [0, 0.1) is 41.4 Å². The lowest BCUT2D eigenvalue weighted by Gasteiger charge is -2.56. The Morgan fingerprint density at radius 2 is 1.55 bits per heavy atom. The average Bonchev–Trinajstić information content (AvgIpc) is 3.29. The molecule has 2 saturated carbocycles. The van der Waals surface area contributed by atoms with E-state index >= 15 is 0 Å². The number of unbranched alkanes of at least 4 members (excludes halogenated alkanes) is 12. The highest BCUT2D eigenvalue weighted by molar-refractivity contribution is 5.91. The molecule has 0 bridgehead atoms. The molecule has 222 valence electrons. The van der Waals surface area contributed by atoms with Crippen molar-refractivity contribution in [1.29, 1.82) is 0 Å². The first-order chi connectivity index (χ1) is 19.5. The molecule has 0 aromatic carbocycles. The topological polar surface area (TPSA) is 43.4 Å². The van der Waals surface area contributed by atoms with Crippen molar-refractivity contribution in [2.45, 2.75) is 154 Å². The number of terminal acetylenes is 1. The number of carbonyl (C=O) groups excluding carboxylic acids is 2. The van der Waals surface area contributed by atoms with Crippen molar-refractivity contribution in [3.8, 4) is 12.3 Å². The molecule has 0 N–H and O–H groups in total. The van der Waals surface area contributed by atoms with Gasteiger partial charge >= 0.3 is 5.97 Å². The first kappa shape index (κ1) is 31.1. The van der Waals surface area contributed by atoms with Crippen molar-refractivity contribution < 1.29 is 14.3 Å². The van der Waals surface area contributed by atoms with Crippen LogP contribution in [0.4, 0.5) is 0 Å². The number of hydrogen-bond acceptors (Lipinski definition) is 3. The van der Waals surface area contributed by atoms with Crippen LogP contribution in [-0.2, 0) is 14.3 Å². The van der Waals surface area contributed by atoms with Gasteiger partial charge in [-0.3, -0.25) is 9.59 Å². The fourth-order valence-electron chi connectivity index (χ4n) is 9.04. The van der Waals surface area contributed by atoms with Gasteiger partial charge in [-0.25, -0.2) is 0 Å². The predicted octanol–water partition coefficient (Wildman–Crippen LogP) is 9.69. The zero-order chi connectivity index (χ0) is 28.4. The molecule has 6 atom stereocenters. The molecule has 4 aliphatic carbocycles. The summed E-state index contributed by atoms with van der Waals surface area (Å²) in [6, 6.07) is 0. The summed E-state index contributed by atoms with van der Waals surface area (Å²) in [5.74, 6) is 5.31. The van der Waals surface area contributed by atoms with Crippen LogP contribution in [0.15, 0.2) is 23.8 Å². The Kier molecular flexibility index (Phi) is 11.6. The largest absolute Gasteiger partial charge is 0.441 e. The first-order valence-corrected chi connectivity index (χ1v) is 17.1. The Balaban J connectivity index is 1.20. The van der Waals surface area contributed by atoms with Gasteiger partial charge in [0.25, 0.3) is 0 Å². The van der Waals surface area contributed by atoms with Gasteiger partial charge in [-0.15, -0.1) is 6.42 Å². The van der Waals surface area contributed by atoms with Crippen LogP contribution in [0.5, 0.6) is 0 Å². The number of carbonyl (C=O) groups is 2. The third-order valence-corrected chi connectivity index (χ3v) is 11.3. The van der Waals surface area contributed by atoms with Crippen LogP contribution in [0.1, 0.15) is 149 Å². The SMILES string of the molecule is C#C[C@]1(OC(=O)CCCCCCCCCCCCCCC)C=C[C@H]2[C@@H]3CCC4=CC(=O)CC[C@@H]4[C@H]3CC[C@@]21CC. The lowest BCUT2D eigenvalue weighted by atomic mass is 9.49. The van der Waals surface area contributed by atoms with Crippen molar-refractivity contribution >= 4 is 11.8 Å². The zero-order valence-corrected chi connectivity index (χ0v) is 25.7. The smallest absolute Gasteiger partial charge is 0.307 e. The van der Waals surface area contributed by atoms with Crippen molar-refractivity contribution in [3.63, 3.8) is 0 Å². The third kappa shape index (κ3) is 6.79. The van der Waals surface area contributed by atoms with Crippen LogP contribution in [0.2, 0.25) is 0 Å². The molecule has 0 heterocycles. The van der Waals surface area contributed by atoms with E-state index in [1.165, 1.54) is 76.2 Å². The summed E-state index contributed by atoms with van der Waals surface area (Å²) in [5, 5.41) is 0. The van der Waals surface area contributed by atoms with Gasteiger partial charge in [-0.2, -0.15) is 0 Å². The average molecular weight is 549 g/mol. The van der Waals surface area contributed by atoms with Crippen LogP contribution in [-0.4, -0.2) is 17.4 Å². The Morgan fingerprint density at radius 1 is 0.900 bits per heavy atom. The molecule has 0 aromatic rings. The van der Waals surface area contributed by atoms with Crippen LogP contribution >= 0.6 is 0 Å². The van der Waals surface area contributed by atoms with E-state index in [9.17, 15) is 9.59 Å². The van der Waals surface area contributed by atoms with E-state index in [2.05, 4.69) is 31.9 Å². The van der Waals surface area contributed by atoms with Crippen LogP contribution < -0.4 is 0 Å². The van der Waals surface area contributed by atoms with Gasteiger partial charge in [0.05, 0.1) is 0 Å². The highest BCUT2D eigenvalue weighted by Crippen LogP contribution is 2.64. The van der Waals surface area contributed by atoms with Gasteiger partial charge in [-0.05, 0) is 80.8 Å². The Hall–Kier alpha value is -1.82. The molecule has 4 aliphatic rings.